The van der Waals surface area contributed by atoms with Crippen molar-refractivity contribution in [1.82, 2.24) is 4.98 Å². The second kappa shape index (κ2) is 9.64. The van der Waals surface area contributed by atoms with Crippen LogP contribution in [0.5, 0.6) is 0 Å². The van der Waals surface area contributed by atoms with Crippen LogP contribution in [-0.4, -0.2) is 16.6 Å². The van der Waals surface area contributed by atoms with E-state index >= 15 is 0 Å². The van der Waals surface area contributed by atoms with Crippen molar-refractivity contribution in [3.63, 3.8) is 0 Å². The van der Waals surface area contributed by atoms with Gasteiger partial charge in [-0.3, -0.25) is 9.80 Å². The molecule has 6 rings (SSSR count). The minimum Gasteiger partial charge on any atom is -0.301 e. The lowest BCUT2D eigenvalue weighted by Gasteiger charge is -2.28. The molecule has 0 fully saturated rings. The maximum atomic E-state index is 14.1. The summed E-state index contributed by atoms with van der Waals surface area (Å²) in [4.78, 5) is 18.8. The molecular formula is C31H26N4OS. The monoisotopic (exact) mass is 502 g/mol. The molecular weight excluding hydrogens is 476 g/mol. The van der Waals surface area contributed by atoms with Gasteiger partial charge in [0.2, 0.25) is 5.91 Å². The standard InChI is InChI=1S/C31H26N4OS/c1-20-12-16-22(17-13-20)28-27(30(36)33-31-32-25-10-6-7-11-26(25)37-31)29(23-18-14-21(2)15-19-23)35(34-28)24-8-4-3-5-9-24/h3-19,27,29H,1-2H3,(H,32,33,36). The van der Waals surface area contributed by atoms with Crippen LogP contribution in [0.1, 0.15) is 28.3 Å². The summed E-state index contributed by atoms with van der Waals surface area (Å²) in [6.07, 6.45) is 0. The van der Waals surface area contributed by atoms with Crippen molar-refractivity contribution in [2.24, 2.45) is 11.0 Å². The Morgan fingerprint density at radius 3 is 2.16 bits per heavy atom. The van der Waals surface area contributed by atoms with Crippen LogP contribution in [0.2, 0.25) is 0 Å². The third-order valence-corrected chi connectivity index (χ3v) is 7.63. The number of nitrogens with zero attached hydrogens (tertiary/aromatic N) is 3. The van der Waals surface area contributed by atoms with Gasteiger partial charge in [-0.15, -0.1) is 0 Å². The Kier molecular flexibility index (Phi) is 6.02. The molecule has 0 aliphatic carbocycles. The SMILES string of the molecule is Cc1ccc(C2=NN(c3ccccc3)C(c3ccc(C)cc3)C2C(=O)Nc2nc3ccccc3s2)cc1. The van der Waals surface area contributed by atoms with Crippen LogP contribution in [0.3, 0.4) is 0 Å². The second-order valence-electron chi connectivity index (χ2n) is 9.34. The first-order valence-corrected chi connectivity index (χ1v) is 13.1. The minimum absolute atomic E-state index is 0.123. The van der Waals surface area contributed by atoms with Crippen LogP contribution in [0.4, 0.5) is 10.8 Å². The summed E-state index contributed by atoms with van der Waals surface area (Å²) < 4.78 is 1.04. The number of fused-ring (bicyclic) bond motifs is 1. The van der Waals surface area contributed by atoms with Crippen LogP contribution in [-0.2, 0) is 4.79 Å². The van der Waals surface area contributed by atoms with E-state index in [-0.39, 0.29) is 11.9 Å². The number of amides is 1. The molecule has 2 atom stereocenters. The first-order chi connectivity index (χ1) is 18.1. The molecule has 2 unspecified atom stereocenters. The smallest absolute Gasteiger partial charge is 0.237 e. The zero-order valence-electron chi connectivity index (χ0n) is 20.6. The summed E-state index contributed by atoms with van der Waals surface area (Å²) in [7, 11) is 0. The van der Waals surface area contributed by atoms with Crippen molar-refractivity contribution < 1.29 is 4.79 Å². The van der Waals surface area contributed by atoms with Crippen molar-refractivity contribution in [1.29, 1.82) is 0 Å². The molecule has 2 heterocycles. The van der Waals surface area contributed by atoms with E-state index in [1.807, 2.05) is 71.7 Å². The molecule has 0 saturated carbocycles. The van der Waals surface area contributed by atoms with Crippen molar-refractivity contribution >= 4 is 44.0 Å². The van der Waals surface area contributed by atoms with Crippen molar-refractivity contribution in [2.75, 3.05) is 10.3 Å². The number of hydrogen-bond acceptors (Lipinski definition) is 5. The zero-order chi connectivity index (χ0) is 25.4. The number of anilines is 2. The molecule has 1 aliphatic heterocycles. The largest absolute Gasteiger partial charge is 0.301 e. The molecule has 6 heteroatoms. The van der Waals surface area contributed by atoms with Crippen LogP contribution < -0.4 is 10.3 Å². The quantitative estimate of drug-likeness (QED) is 0.278. The number of hydrogen-bond donors (Lipinski definition) is 1. The van der Waals surface area contributed by atoms with E-state index in [4.69, 9.17) is 5.10 Å². The number of aromatic nitrogens is 1. The Balaban J connectivity index is 1.47. The first kappa shape index (κ1) is 23.1. The van der Waals surface area contributed by atoms with E-state index in [0.29, 0.717) is 5.13 Å². The van der Waals surface area contributed by atoms with Crippen LogP contribution >= 0.6 is 11.3 Å². The molecule has 1 N–H and O–H groups in total. The lowest BCUT2D eigenvalue weighted by molar-refractivity contribution is -0.118. The number of para-hydroxylation sites is 2. The second-order valence-corrected chi connectivity index (χ2v) is 10.4. The Bertz CT molecular complexity index is 1560. The van der Waals surface area contributed by atoms with Crippen LogP contribution in [0.15, 0.2) is 108 Å². The summed E-state index contributed by atoms with van der Waals surface area (Å²) in [6, 6.07) is 34.2. The number of hydrazone groups is 1. The third kappa shape index (κ3) is 4.52. The van der Waals surface area contributed by atoms with Gasteiger partial charge >= 0.3 is 0 Å². The highest BCUT2D eigenvalue weighted by Crippen LogP contribution is 2.41. The first-order valence-electron chi connectivity index (χ1n) is 12.3. The van der Waals surface area contributed by atoms with Gasteiger partial charge in [0.1, 0.15) is 5.92 Å². The highest BCUT2D eigenvalue weighted by molar-refractivity contribution is 7.22. The van der Waals surface area contributed by atoms with Gasteiger partial charge in [-0.2, -0.15) is 5.10 Å². The molecule has 0 radical (unpaired) electrons. The Morgan fingerprint density at radius 1 is 0.811 bits per heavy atom. The van der Waals surface area contributed by atoms with Gasteiger partial charge in [-0.1, -0.05) is 101 Å². The van der Waals surface area contributed by atoms with Crippen LogP contribution in [0.25, 0.3) is 10.2 Å². The molecule has 1 aliphatic rings. The Labute approximate surface area is 220 Å². The molecule has 0 saturated heterocycles. The fraction of sp³-hybridized carbons (Fsp3) is 0.129. The number of aryl methyl sites for hydroxylation is 2. The molecule has 1 amide bonds. The summed E-state index contributed by atoms with van der Waals surface area (Å²) in [5.74, 6) is -0.667. The Morgan fingerprint density at radius 2 is 1.46 bits per heavy atom. The van der Waals surface area contributed by atoms with Gasteiger partial charge in [0.25, 0.3) is 0 Å². The van der Waals surface area contributed by atoms with E-state index in [0.717, 1.165) is 38.3 Å². The fourth-order valence-electron chi connectivity index (χ4n) is 4.77. The number of carbonyl (C=O) groups excluding carboxylic acids is 1. The summed E-state index contributed by atoms with van der Waals surface area (Å²) in [6.45, 7) is 4.13. The molecule has 4 aromatic carbocycles. The van der Waals surface area contributed by atoms with Gasteiger partial charge in [0, 0.05) is 0 Å². The summed E-state index contributed by atoms with van der Waals surface area (Å²) in [5.41, 5.74) is 6.86. The average molecular weight is 503 g/mol. The maximum Gasteiger partial charge on any atom is 0.237 e. The number of rotatable bonds is 5. The van der Waals surface area contributed by atoms with Gasteiger partial charge in [0.15, 0.2) is 5.13 Å². The maximum absolute atomic E-state index is 14.1. The molecule has 182 valence electrons. The zero-order valence-corrected chi connectivity index (χ0v) is 21.4. The Hall–Kier alpha value is -4.29. The fourth-order valence-corrected chi connectivity index (χ4v) is 5.63. The van der Waals surface area contributed by atoms with E-state index < -0.39 is 5.92 Å². The van der Waals surface area contributed by atoms with Gasteiger partial charge in [-0.25, -0.2) is 4.98 Å². The van der Waals surface area contributed by atoms with Gasteiger partial charge in [-0.05, 0) is 49.2 Å². The highest BCUT2D eigenvalue weighted by Gasteiger charge is 2.44. The van der Waals surface area contributed by atoms with Gasteiger partial charge in [0.05, 0.1) is 27.7 Å². The van der Waals surface area contributed by atoms with Gasteiger partial charge < -0.3 is 5.32 Å². The summed E-state index contributed by atoms with van der Waals surface area (Å²) in [5, 5.41) is 10.8. The topological polar surface area (TPSA) is 57.6 Å². The normalized spacial score (nSPS) is 17.1. The minimum atomic E-state index is -0.544. The average Bonchev–Trinajstić information content (AvgIpc) is 3.52. The predicted molar refractivity (Wildman–Crippen MR) is 152 cm³/mol. The van der Waals surface area contributed by atoms with Crippen molar-refractivity contribution in [3.8, 4) is 0 Å². The van der Waals surface area contributed by atoms with Crippen molar-refractivity contribution in [2.45, 2.75) is 19.9 Å². The molecule has 5 aromatic rings. The van der Waals surface area contributed by atoms with E-state index in [2.05, 4.69) is 60.5 Å². The lowest BCUT2D eigenvalue weighted by atomic mass is 9.85. The number of nitrogens with one attached hydrogen (secondary N) is 1. The van der Waals surface area contributed by atoms with E-state index in [9.17, 15) is 4.79 Å². The molecule has 0 spiro atoms. The molecule has 37 heavy (non-hydrogen) atoms. The third-order valence-electron chi connectivity index (χ3n) is 6.68. The molecule has 0 bridgehead atoms. The number of carbonyl (C=O) groups is 1. The molecule has 1 aromatic heterocycles. The lowest BCUT2D eigenvalue weighted by Crippen LogP contribution is -2.35. The number of thiazole rings is 1. The van der Waals surface area contributed by atoms with Crippen LogP contribution in [0, 0.1) is 19.8 Å². The summed E-state index contributed by atoms with van der Waals surface area (Å²) >= 11 is 1.48. The highest BCUT2D eigenvalue weighted by atomic mass is 32.1. The molecule has 5 nitrogen and oxygen atoms in total. The predicted octanol–water partition coefficient (Wildman–Crippen LogP) is 7.13. The van der Waals surface area contributed by atoms with E-state index in [1.165, 1.54) is 16.9 Å². The van der Waals surface area contributed by atoms with Crippen molar-refractivity contribution in [3.05, 3.63) is 125 Å². The van der Waals surface area contributed by atoms with E-state index in [1.54, 1.807) is 0 Å². The number of benzene rings is 4.